The van der Waals surface area contributed by atoms with Gasteiger partial charge in [-0.25, -0.2) is 0 Å². The van der Waals surface area contributed by atoms with Gasteiger partial charge in [-0.05, 0) is 66.4 Å². The van der Waals surface area contributed by atoms with E-state index in [1.165, 1.54) is 5.56 Å². The third-order valence-corrected chi connectivity index (χ3v) is 5.51. The van der Waals surface area contributed by atoms with Crippen LogP contribution in [0, 0.1) is 5.92 Å². The lowest BCUT2D eigenvalue weighted by atomic mass is 9.96. The van der Waals surface area contributed by atoms with E-state index >= 15 is 0 Å². The third kappa shape index (κ3) is 5.80. The SMILES string of the molecule is COc1cccc(NC(=O)C(=O)NCC2CCN(Cc3ccsc3)CC2)c1. The van der Waals surface area contributed by atoms with Gasteiger partial charge in [0.1, 0.15) is 5.75 Å². The van der Waals surface area contributed by atoms with Crippen molar-refractivity contribution >= 4 is 28.8 Å². The molecule has 1 fully saturated rings. The maximum absolute atomic E-state index is 12.1. The molecule has 0 saturated carbocycles. The number of hydrogen-bond donors (Lipinski definition) is 2. The molecule has 0 atom stereocenters. The average Bonchev–Trinajstić information content (AvgIpc) is 3.20. The number of piperidine rings is 1. The lowest BCUT2D eigenvalue weighted by molar-refractivity contribution is -0.136. The molecule has 1 aliphatic heterocycles. The molecular weight excluding hydrogens is 362 g/mol. The largest absolute Gasteiger partial charge is 0.497 e. The van der Waals surface area contributed by atoms with Crippen LogP contribution in [-0.2, 0) is 16.1 Å². The van der Waals surface area contributed by atoms with Gasteiger partial charge >= 0.3 is 11.8 Å². The predicted octanol–water partition coefficient (Wildman–Crippen LogP) is 2.72. The van der Waals surface area contributed by atoms with Crippen molar-refractivity contribution in [2.75, 3.05) is 32.1 Å². The molecule has 0 bridgehead atoms. The van der Waals surface area contributed by atoms with Crippen LogP contribution in [0.1, 0.15) is 18.4 Å². The standard InChI is InChI=1S/C20H25N3O3S/c1-26-18-4-2-3-17(11-18)22-20(25)19(24)21-12-15-5-8-23(9-6-15)13-16-7-10-27-14-16/h2-4,7,10-11,14-15H,5-6,8-9,12-13H2,1H3,(H,21,24)(H,22,25). The number of likely N-dealkylation sites (tertiary alicyclic amines) is 1. The van der Waals surface area contributed by atoms with Crippen LogP contribution in [0.4, 0.5) is 5.69 Å². The van der Waals surface area contributed by atoms with Gasteiger partial charge in [-0.1, -0.05) is 6.07 Å². The first kappa shape index (κ1) is 19.4. The van der Waals surface area contributed by atoms with Gasteiger partial charge in [0, 0.05) is 24.8 Å². The zero-order chi connectivity index (χ0) is 19.1. The Kier molecular flexibility index (Phi) is 6.84. The zero-order valence-electron chi connectivity index (χ0n) is 15.4. The van der Waals surface area contributed by atoms with Gasteiger partial charge in [0.05, 0.1) is 7.11 Å². The van der Waals surface area contributed by atoms with Gasteiger partial charge in [-0.2, -0.15) is 11.3 Å². The number of nitrogens with one attached hydrogen (secondary N) is 2. The number of carbonyl (C=O) groups is 2. The summed E-state index contributed by atoms with van der Waals surface area (Å²) in [7, 11) is 1.55. The smallest absolute Gasteiger partial charge is 0.313 e. The first-order chi connectivity index (χ1) is 13.1. The highest BCUT2D eigenvalue weighted by Gasteiger charge is 2.21. The summed E-state index contributed by atoms with van der Waals surface area (Å²) in [6, 6.07) is 9.10. The number of thiophene rings is 1. The van der Waals surface area contributed by atoms with Crippen molar-refractivity contribution in [3.8, 4) is 5.75 Å². The minimum Gasteiger partial charge on any atom is -0.497 e. The van der Waals surface area contributed by atoms with Crippen molar-refractivity contribution < 1.29 is 14.3 Å². The summed E-state index contributed by atoms with van der Waals surface area (Å²) in [6.45, 7) is 3.57. The van der Waals surface area contributed by atoms with Gasteiger partial charge in [-0.15, -0.1) is 0 Å². The fourth-order valence-corrected chi connectivity index (χ4v) is 3.86. The van der Waals surface area contributed by atoms with E-state index in [4.69, 9.17) is 4.74 Å². The summed E-state index contributed by atoms with van der Waals surface area (Å²) in [5.74, 6) is -0.212. The van der Waals surface area contributed by atoms with E-state index in [0.717, 1.165) is 32.5 Å². The molecule has 6 nitrogen and oxygen atoms in total. The van der Waals surface area contributed by atoms with Crippen molar-refractivity contribution in [3.63, 3.8) is 0 Å². The minimum atomic E-state index is -0.654. The fraction of sp³-hybridized carbons (Fsp3) is 0.400. The van der Waals surface area contributed by atoms with Crippen molar-refractivity contribution in [2.45, 2.75) is 19.4 Å². The Morgan fingerprint density at radius 3 is 2.74 bits per heavy atom. The highest BCUT2D eigenvalue weighted by Crippen LogP contribution is 2.19. The number of nitrogens with zero attached hydrogens (tertiary/aromatic N) is 1. The maximum Gasteiger partial charge on any atom is 0.313 e. The monoisotopic (exact) mass is 387 g/mol. The van der Waals surface area contributed by atoms with Crippen molar-refractivity contribution in [3.05, 3.63) is 46.7 Å². The van der Waals surface area contributed by atoms with E-state index in [1.54, 1.807) is 42.7 Å². The van der Waals surface area contributed by atoms with E-state index in [0.29, 0.717) is 23.9 Å². The van der Waals surface area contributed by atoms with Crippen molar-refractivity contribution in [2.24, 2.45) is 5.92 Å². The first-order valence-electron chi connectivity index (χ1n) is 9.10. The fourth-order valence-electron chi connectivity index (χ4n) is 3.20. The molecular formula is C20H25N3O3S. The van der Waals surface area contributed by atoms with Crippen LogP contribution in [0.2, 0.25) is 0 Å². The molecule has 2 N–H and O–H groups in total. The molecule has 2 amide bonds. The molecule has 0 spiro atoms. The number of methoxy groups -OCH3 is 1. The van der Waals surface area contributed by atoms with Gasteiger partial charge in [0.15, 0.2) is 0 Å². The van der Waals surface area contributed by atoms with E-state index in [2.05, 4.69) is 32.4 Å². The van der Waals surface area contributed by atoms with Crippen LogP contribution >= 0.6 is 11.3 Å². The van der Waals surface area contributed by atoms with Crippen LogP contribution in [0.3, 0.4) is 0 Å². The second-order valence-electron chi connectivity index (χ2n) is 6.75. The maximum atomic E-state index is 12.1. The Labute approximate surface area is 163 Å². The Hall–Kier alpha value is -2.38. The highest BCUT2D eigenvalue weighted by molar-refractivity contribution is 7.07. The molecule has 144 valence electrons. The van der Waals surface area contributed by atoms with E-state index in [9.17, 15) is 9.59 Å². The summed E-state index contributed by atoms with van der Waals surface area (Å²) >= 11 is 1.73. The Morgan fingerprint density at radius 2 is 2.04 bits per heavy atom. The summed E-state index contributed by atoms with van der Waals surface area (Å²) in [4.78, 5) is 26.5. The third-order valence-electron chi connectivity index (χ3n) is 4.78. The van der Waals surface area contributed by atoms with Crippen LogP contribution in [-0.4, -0.2) is 43.5 Å². The first-order valence-corrected chi connectivity index (χ1v) is 10.0. The summed E-state index contributed by atoms with van der Waals surface area (Å²) < 4.78 is 5.11. The van der Waals surface area contributed by atoms with Crippen LogP contribution < -0.4 is 15.4 Å². The summed E-state index contributed by atoms with van der Waals surface area (Å²) in [5, 5.41) is 9.65. The second-order valence-corrected chi connectivity index (χ2v) is 7.53. The Bertz CT molecular complexity index is 756. The molecule has 27 heavy (non-hydrogen) atoms. The Morgan fingerprint density at radius 1 is 1.22 bits per heavy atom. The number of hydrogen-bond acceptors (Lipinski definition) is 5. The molecule has 2 heterocycles. The average molecular weight is 388 g/mol. The molecule has 7 heteroatoms. The normalized spacial score (nSPS) is 15.3. The zero-order valence-corrected chi connectivity index (χ0v) is 16.3. The number of amides is 2. The van der Waals surface area contributed by atoms with Crippen LogP contribution in [0.25, 0.3) is 0 Å². The van der Waals surface area contributed by atoms with E-state index in [-0.39, 0.29) is 0 Å². The van der Waals surface area contributed by atoms with Gasteiger partial charge in [0.2, 0.25) is 0 Å². The molecule has 1 aliphatic rings. The number of benzene rings is 1. The van der Waals surface area contributed by atoms with Gasteiger partial charge in [0.25, 0.3) is 0 Å². The Balaban J connectivity index is 1.38. The highest BCUT2D eigenvalue weighted by atomic mass is 32.1. The van der Waals surface area contributed by atoms with E-state index in [1.807, 2.05) is 0 Å². The molecule has 0 aliphatic carbocycles. The number of rotatable bonds is 6. The van der Waals surface area contributed by atoms with Crippen LogP contribution in [0.5, 0.6) is 5.75 Å². The quantitative estimate of drug-likeness (QED) is 0.748. The lowest BCUT2D eigenvalue weighted by Crippen LogP contribution is -2.41. The van der Waals surface area contributed by atoms with Crippen molar-refractivity contribution in [1.82, 2.24) is 10.2 Å². The van der Waals surface area contributed by atoms with Gasteiger partial charge < -0.3 is 15.4 Å². The van der Waals surface area contributed by atoms with Gasteiger partial charge in [-0.3, -0.25) is 14.5 Å². The molecule has 0 unspecified atom stereocenters. The predicted molar refractivity (Wildman–Crippen MR) is 107 cm³/mol. The minimum absolute atomic E-state index is 0.414. The molecule has 2 aromatic rings. The number of carbonyl (C=O) groups excluding carboxylic acids is 2. The second kappa shape index (κ2) is 9.53. The van der Waals surface area contributed by atoms with Crippen LogP contribution in [0.15, 0.2) is 41.1 Å². The topological polar surface area (TPSA) is 70.7 Å². The molecule has 1 aromatic carbocycles. The van der Waals surface area contributed by atoms with Crippen molar-refractivity contribution in [1.29, 1.82) is 0 Å². The lowest BCUT2D eigenvalue weighted by Gasteiger charge is -2.31. The number of ether oxygens (including phenoxy) is 1. The van der Waals surface area contributed by atoms with E-state index < -0.39 is 11.8 Å². The summed E-state index contributed by atoms with van der Waals surface area (Å²) in [6.07, 6.45) is 2.06. The summed E-state index contributed by atoms with van der Waals surface area (Å²) in [5.41, 5.74) is 1.90. The molecule has 1 aromatic heterocycles. The molecule has 0 radical (unpaired) electrons. The molecule has 1 saturated heterocycles. The molecule has 3 rings (SSSR count). The number of anilines is 1.